The van der Waals surface area contributed by atoms with E-state index in [0.29, 0.717) is 18.8 Å². The predicted octanol–water partition coefficient (Wildman–Crippen LogP) is 2.37. The van der Waals surface area contributed by atoms with Crippen LogP contribution in [0.4, 0.5) is 20.3 Å². The summed E-state index contributed by atoms with van der Waals surface area (Å²) in [5.74, 6) is -1.46. The summed E-state index contributed by atoms with van der Waals surface area (Å²) in [6.45, 7) is 5.79. The van der Waals surface area contributed by atoms with Crippen LogP contribution in [0.3, 0.4) is 0 Å². The van der Waals surface area contributed by atoms with Crippen LogP contribution in [-0.4, -0.2) is 46.0 Å². The second kappa shape index (κ2) is 7.16. The Morgan fingerprint density at radius 3 is 2.86 bits per heavy atom. The summed E-state index contributed by atoms with van der Waals surface area (Å²) in [4.78, 5) is 22.5. The van der Waals surface area contributed by atoms with Crippen molar-refractivity contribution in [1.82, 2.24) is 19.7 Å². The smallest absolute Gasteiger partial charge is 0.257 e. The first kappa shape index (κ1) is 18.3. The van der Waals surface area contributed by atoms with Gasteiger partial charge in [-0.2, -0.15) is 0 Å². The fourth-order valence-corrected chi connectivity index (χ4v) is 3.36. The molecule has 4 rings (SSSR count). The van der Waals surface area contributed by atoms with Gasteiger partial charge in [-0.1, -0.05) is 0 Å². The minimum Gasteiger partial charge on any atom is -0.351 e. The van der Waals surface area contributed by atoms with Gasteiger partial charge in [-0.15, -0.1) is 0 Å². The Morgan fingerprint density at radius 2 is 2.11 bits per heavy atom. The maximum atomic E-state index is 14.6. The highest BCUT2D eigenvalue weighted by Gasteiger charge is 2.21. The molecule has 1 unspecified atom stereocenters. The Morgan fingerprint density at radius 1 is 1.29 bits per heavy atom. The highest BCUT2D eigenvalue weighted by molar-refractivity contribution is 6.04. The number of imidazole rings is 1. The van der Waals surface area contributed by atoms with Crippen molar-refractivity contribution >= 4 is 23.1 Å². The van der Waals surface area contributed by atoms with E-state index >= 15 is 0 Å². The van der Waals surface area contributed by atoms with Gasteiger partial charge >= 0.3 is 0 Å². The molecular formula is C19H20F2N6O. The molecule has 1 aliphatic rings. The Bertz CT molecular complexity index is 1050. The number of carbonyl (C=O) groups is 1. The van der Waals surface area contributed by atoms with E-state index in [4.69, 9.17) is 0 Å². The van der Waals surface area contributed by atoms with E-state index in [1.165, 1.54) is 16.7 Å². The Hall–Kier alpha value is -3.07. The summed E-state index contributed by atoms with van der Waals surface area (Å²) < 4.78 is 30.2. The molecule has 3 aromatic heterocycles. The van der Waals surface area contributed by atoms with Gasteiger partial charge in [0.1, 0.15) is 0 Å². The Kier molecular flexibility index (Phi) is 4.68. The van der Waals surface area contributed by atoms with Crippen molar-refractivity contribution in [2.24, 2.45) is 0 Å². The fraction of sp³-hybridized carbons (Fsp3) is 0.316. The lowest BCUT2D eigenvalue weighted by atomic mass is 10.2. The molecule has 2 N–H and O–H groups in total. The monoisotopic (exact) mass is 386 g/mol. The van der Waals surface area contributed by atoms with E-state index in [0.717, 1.165) is 12.6 Å². The molecule has 1 saturated heterocycles. The molecule has 0 aromatic carbocycles. The lowest BCUT2D eigenvalue weighted by molar-refractivity contribution is 0.102. The quantitative estimate of drug-likeness (QED) is 0.723. The number of anilines is 2. The number of aryl methyl sites for hydroxylation is 1. The average Bonchev–Trinajstić information content (AvgIpc) is 3.02. The lowest BCUT2D eigenvalue weighted by Gasteiger charge is -2.32. The normalized spacial score (nSPS) is 17.1. The van der Waals surface area contributed by atoms with Crippen LogP contribution < -0.4 is 15.5 Å². The highest BCUT2D eigenvalue weighted by Crippen LogP contribution is 2.20. The van der Waals surface area contributed by atoms with Crippen molar-refractivity contribution in [2.45, 2.75) is 19.9 Å². The summed E-state index contributed by atoms with van der Waals surface area (Å²) in [7, 11) is 0. The summed E-state index contributed by atoms with van der Waals surface area (Å²) in [5, 5.41) is 5.86. The molecule has 0 radical (unpaired) electrons. The first-order chi connectivity index (χ1) is 13.4. The van der Waals surface area contributed by atoms with E-state index in [2.05, 4.69) is 20.6 Å². The van der Waals surface area contributed by atoms with Crippen LogP contribution in [0, 0.1) is 18.6 Å². The molecule has 1 amide bonds. The third-order valence-electron chi connectivity index (χ3n) is 4.64. The molecular weight excluding hydrogens is 366 g/mol. The van der Waals surface area contributed by atoms with Gasteiger partial charge in [-0.25, -0.2) is 18.7 Å². The molecule has 0 spiro atoms. The van der Waals surface area contributed by atoms with Gasteiger partial charge in [0.05, 0.1) is 16.9 Å². The zero-order valence-electron chi connectivity index (χ0n) is 15.5. The van der Waals surface area contributed by atoms with Crippen molar-refractivity contribution in [2.75, 3.05) is 29.9 Å². The molecule has 7 nitrogen and oxygen atoms in total. The molecule has 1 aliphatic heterocycles. The van der Waals surface area contributed by atoms with E-state index in [-0.39, 0.29) is 28.8 Å². The number of piperazine rings is 1. The lowest BCUT2D eigenvalue weighted by Crippen LogP contribution is -2.49. The molecule has 0 bridgehead atoms. The summed E-state index contributed by atoms with van der Waals surface area (Å²) in [6, 6.07) is 2.56. The predicted molar refractivity (Wildman–Crippen MR) is 102 cm³/mol. The molecule has 28 heavy (non-hydrogen) atoms. The zero-order chi connectivity index (χ0) is 19.8. The molecule has 146 valence electrons. The number of hydrogen-bond acceptors (Lipinski definition) is 5. The van der Waals surface area contributed by atoms with Crippen LogP contribution in [0.2, 0.25) is 0 Å². The Labute approximate surface area is 160 Å². The van der Waals surface area contributed by atoms with Gasteiger partial charge in [0, 0.05) is 50.3 Å². The molecule has 1 atom stereocenters. The maximum absolute atomic E-state index is 14.6. The van der Waals surface area contributed by atoms with Gasteiger partial charge in [0.25, 0.3) is 5.91 Å². The van der Waals surface area contributed by atoms with Crippen LogP contribution in [-0.2, 0) is 0 Å². The molecule has 0 aliphatic carbocycles. The third-order valence-corrected chi connectivity index (χ3v) is 4.64. The van der Waals surface area contributed by atoms with Crippen LogP contribution in [0.15, 0.2) is 30.7 Å². The number of fused-ring (bicyclic) bond motifs is 1. The van der Waals surface area contributed by atoms with Gasteiger partial charge in [-0.05, 0) is 19.9 Å². The number of hydrogen-bond donors (Lipinski definition) is 2. The van der Waals surface area contributed by atoms with Crippen LogP contribution >= 0.6 is 0 Å². The molecule has 0 saturated carbocycles. The van der Waals surface area contributed by atoms with E-state index in [1.54, 1.807) is 19.3 Å². The van der Waals surface area contributed by atoms with Crippen LogP contribution in [0.25, 0.3) is 5.65 Å². The van der Waals surface area contributed by atoms with Crippen molar-refractivity contribution in [3.8, 4) is 0 Å². The summed E-state index contributed by atoms with van der Waals surface area (Å²) >= 11 is 0. The maximum Gasteiger partial charge on any atom is 0.257 e. The standard InChI is InChI=1S/C19H20F2N6O/c1-11-8-26(4-3-22-11)17-15(20)5-13(7-23-17)19(28)25-14-6-16(21)18-24-12(2)9-27(18)10-14/h5-7,9-11,22H,3-4,8H2,1-2H3,(H,25,28). The van der Waals surface area contributed by atoms with Gasteiger partial charge in [-0.3, -0.25) is 4.79 Å². The van der Waals surface area contributed by atoms with Gasteiger partial charge < -0.3 is 19.9 Å². The van der Waals surface area contributed by atoms with Gasteiger partial charge in [0.2, 0.25) is 0 Å². The highest BCUT2D eigenvalue weighted by atomic mass is 19.1. The number of nitrogens with one attached hydrogen (secondary N) is 2. The van der Waals surface area contributed by atoms with Crippen molar-refractivity contribution < 1.29 is 13.6 Å². The number of amides is 1. The molecule has 3 aromatic rings. The van der Waals surface area contributed by atoms with E-state index < -0.39 is 17.5 Å². The number of halogens is 2. The summed E-state index contributed by atoms with van der Waals surface area (Å²) in [6.07, 6.45) is 4.53. The average molecular weight is 386 g/mol. The number of carbonyl (C=O) groups excluding carboxylic acids is 1. The molecule has 4 heterocycles. The number of aromatic nitrogens is 3. The van der Waals surface area contributed by atoms with E-state index in [9.17, 15) is 13.6 Å². The number of pyridine rings is 2. The zero-order valence-corrected chi connectivity index (χ0v) is 15.5. The minimum absolute atomic E-state index is 0.0618. The largest absolute Gasteiger partial charge is 0.351 e. The van der Waals surface area contributed by atoms with E-state index in [1.807, 2.05) is 11.8 Å². The summed E-state index contributed by atoms with van der Waals surface area (Å²) in [5.41, 5.74) is 1.14. The third kappa shape index (κ3) is 3.53. The molecule has 9 heteroatoms. The minimum atomic E-state index is -0.567. The second-order valence-corrected chi connectivity index (χ2v) is 6.97. The first-order valence-corrected chi connectivity index (χ1v) is 9.01. The number of nitrogens with zero attached hydrogens (tertiary/aromatic N) is 4. The fourth-order valence-electron chi connectivity index (χ4n) is 3.36. The van der Waals surface area contributed by atoms with Crippen molar-refractivity contribution in [3.05, 3.63) is 53.6 Å². The van der Waals surface area contributed by atoms with Crippen molar-refractivity contribution in [3.63, 3.8) is 0 Å². The first-order valence-electron chi connectivity index (χ1n) is 9.01. The second-order valence-electron chi connectivity index (χ2n) is 6.97. The van der Waals surface area contributed by atoms with Crippen LogP contribution in [0.5, 0.6) is 0 Å². The van der Waals surface area contributed by atoms with Crippen LogP contribution in [0.1, 0.15) is 23.0 Å². The topological polar surface area (TPSA) is 74.6 Å². The Balaban J connectivity index is 1.54. The van der Waals surface area contributed by atoms with Crippen molar-refractivity contribution in [1.29, 1.82) is 0 Å². The number of rotatable bonds is 3. The SMILES string of the molecule is Cc1cn2cc(NC(=O)c3cnc(N4CCNC(C)C4)c(F)c3)cc(F)c2n1. The van der Waals surface area contributed by atoms with Gasteiger partial charge in [0.15, 0.2) is 23.1 Å². The molecule has 1 fully saturated rings.